The number of fused-ring (bicyclic) bond motifs is 1. The van der Waals surface area contributed by atoms with Gasteiger partial charge in [-0.2, -0.15) is 0 Å². The minimum atomic E-state index is -0.0376. The number of oxazole rings is 1. The first kappa shape index (κ1) is 13.4. The lowest BCUT2D eigenvalue weighted by Crippen LogP contribution is -2.18. The fourth-order valence-electron chi connectivity index (χ4n) is 2.69. The second-order valence-corrected chi connectivity index (χ2v) is 6.29. The predicted molar refractivity (Wildman–Crippen MR) is 82.4 cm³/mol. The Morgan fingerprint density at radius 3 is 3.14 bits per heavy atom. The molecular weight excluding hydrogens is 300 g/mol. The monoisotopic (exact) mass is 314 g/mol. The molecule has 0 atom stereocenters. The Kier molecular flexibility index (Phi) is 3.16. The molecule has 0 spiro atoms. The maximum absolute atomic E-state index is 11.9. The lowest BCUT2D eigenvalue weighted by Gasteiger charge is -2.11. The Morgan fingerprint density at radius 2 is 2.32 bits per heavy atom. The topological polar surface area (TPSA) is 75.0 Å². The number of hydrogen-bond acceptors (Lipinski definition) is 6. The van der Waals surface area contributed by atoms with Crippen molar-refractivity contribution in [2.75, 3.05) is 0 Å². The second-order valence-electron chi connectivity index (χ2n) is 5.34. The molecule has 0 aromatic carbocycles. The number of aryl methyl sites for hydroxylation is 1. The van der Waals surface area contributed by atoms with Crippen LogP contribution in [0.25, 0.3) is 10.8 Å². The number of aromatic amines is 1. The summed E-state index contributed by atoms with van der Waals surface area (Å²) in [7, 11) is 0. The summed E-state index contributed by atoms with van der Waals surface area (Å²) in [5.41, 5.74) is 2.45. The molecule has 0 saturated heterocycles. The number of hydrogen-bond donors (Lipinski definition) is 1. The molecule has 0 aliphatic carbocycles. The van der Waals surface area contributed by atoms with E-state index in [0.717, 1.165) is 21.8 Å². The van der Waals surface area contributed by atoms with Crippen molar-refractivity contribution in [3.05, 3.63) is 56.9 Å². The largest absolute Gasteiger partial charge is 0.444 e. The van der Waals surface area contributed by atoms with E-state index in [-0.39, 0.29) is 5.56 Å². The van der Waals surface area contributed by atoms with Crippen molar-refractivity contribution in [2.24, 2.45) is 0 Å². The Labute approximate surface area is 130 Å². The van der Waals surface area contributed by atoms with E-state index >= 15 is 0 Å². The Balaban J connectivity index is 1.52. The van der Waals surface area contributed by atoms with Crippen molar-refractivity contribution in [3.8, 4) is 10.8 Å². The summed E-state index contributed by atoms with van der Waals surface area (Å²) in [6.45, 7) is 3.71. The number of thiophene rings is 1. The van der Waals surface area contributed by atoms with Crippen LogP contribution in [0.15, 0.2) is 33.0 Å². The maximum Gasteiger partial charge on any atom is 0.255 e. The van der Waals surface area contributed by atoms with Gasteiger partial charge in [0.05, 0.1) is 21.8 Å². The van der Waals surface area contributed by atoms with Crippen molar-refractivity contribution in [1.82, 2.24) is 19.9 Å². The molecule has 0 fully saturated rings. The van der Waals surface area contributed by atoms with E-state index in [2.05, 4.69) is 19.9 Å². The first-order valence-electron chi connectivity index (χ1n) is 6.98. The van der Waals surface area contributed by atoms with Crippen LogP contribution >= 0.6 is 11.3 Å². The molecule has 112 valence electrons. The van der Waals surface area contributed by atoms with Crippen LogP contribution in [0.3, 0.4) is 0 Å². The summed E-state index contributed by atoms with van der Waals surface area (Å²) >= 11 is 1.60. The van der Waals surface area contributed by atoms with Crippen LogP contribution in [0.2, 0.25) is 0 Å². The van der Waals surface area contributed by atoms with E-state index in [1.807, 2.05) is 17.5 Å². The van der Waals surface area contributed by atoms with E-state index in [4.69, 9.17) is 4.42 Å². The number of rotatable bonds is 3. The minimum Gasteiger partial charge on any atom is -0.444 e. The van der Waals surface area contributed by atoms with Gasteiger partial charge in [0.15, 0.2) is 0 Å². The summed E-state index contributed by atoms with van der Waals surface area (Å²) in [5.74, 6) is 1.31. The molecule has 7 heteroatoms. The summed E-state index contributed by atoms with van der Waals surface area (Å²) in [5, 5.41) is 2.00. The highest BCUT2D eigenvalue weighted by Crippen LogP contribution is 2.25. The molecule has 1 aliphatic rings. The summed E-state index contributed by atoms with van der Waals surface area (Å²) in [6.07, 6.45) is 1.68. The fraction of sp³-hybridized carbons (Fsp3) is 0.267. The van der Waals surface area contributed by atoms with Crippen LogP contribution in [0.4, 0.5) is 0 Å². The lowest BCUT2D eigenvalue weighted by molar-refractivity contribution is 0.270. The van der Waals surface area contributed by atoms with Crippen LogP contribution in [0.5, 0.6) is 0 Å². The standard InChI is InChI=1S/C15H14N4O2S/c1-9-16-12-7-19(6-11(12)14(20)17-9)5-10-8-21-15(18-10)13-3-2-4-22-13/h2-4,8H,5-7H2,1H3,(H,16,17,20). The molecule has 3 aromatic rings. The molecule has 4 rings (SSSR count). The third-order valence-electron chi connectivity index (χ3n) is 3.64. The van der Waals surface area contributed by atoms with E-state index in [9.17, 15) is 4.79 Å². The number of H-pyrrole nitrogens is 1. The third-order valence-corrected chi connectivity index (χ3v) is 4.50. The summed E-state index contributed by atoms with van der Waals surface area (Å²) < 4.78 is 5.53. The average molecular weight is 314 g/mol. The summed E-state index contributed by atoms with van der Waals surface area (Å²) in [6, 6.07) is 3.96. The van der Waals surface area contributed by atoms with Gasteiger partial charge < -0.3 is 9.40 Å². The van der Waals surface area contributed by atoms with Crippen LogP contribution in [-0.2, 0) is 19.6 Å². The van der Waals surface area contributed by atoms with Crippen molar-refractivity contribution >= 4 is 11.3 Å². The zero-order valence-corrected chi connectivity index (χ0v) is 12.8. The molecule has 0 saturated carbocycles. The Bertz CT molecular complexity index is 866. The first-order chi connectivity index (χ1) is 10.7. The molecule has 0 amide bonds. The summed E-state index contributed by atoms with van der Waals surface area (Å²) in [4.78, 5) is 26.8. The Morgan fingerprint density at radius 1 is 1.41 bits per heavy atom. The van der Waals surface area contributed by atoms with Crippen LogP contribution in [0.1, 0.15) is 22.8 Å². The van der Waals surface area contributed by atoms with Gasteiger partial charge in [-0.15, -0.1) is 11.3 Å². The first-order valence-corrected chi connectivity index (χ1v) is 7.86. The lowest BCUT2D eigenvalue weighted by atomic mass is 10.3. The van der Waals surface area contributed by atoms with Crippen molar-refractivity contribution in [2.45, 2.75) is 26.6 Å². The highest BCUT2D eigenvalue weighted by molar-refractivity contribution is 7.13. The molecular formula is C15H14N4O2S. The fourth-order valence-corrected chi connectivity index (χ4v) is 3.34. The zero-order chi connectivity index (χ0) is 15.1. The molecule has 4 heterocycles. The quantitative estimate of drug-likeness (QED) is 0.803. The van der Waals surface area contributed by atoms with Gasteiger partial charge in [0, 0.05) is 19.6 Å². The van der Waals surface area contributed by atoms with Gasteiger partial charge in [0.25, 0.3) is 5.56 Å². The van der Waals surface area contributed by atoms with Gasteiger partial charge in [-0.05, 0) is 18.4 Å². The molecule has 6 nitrogen and oxygen atoms in total. The number of nitrogens with one attached hydrogen (secondary N) is 1. The van der Waals surface area contributed by atoms with Crippen LogP contribution < -0.4 is 5.56 Å². The zero-order valence-electron chi connectivity index (χ0n) is 12.0. The third kappa shape index (κ3) is 2.38. The number of aromatic nitrogens is 3. The van der Waals surface area contributed by atoms with E-state index < -0.39 is 0 Å². The maximum atomic E-state index is 11.9. The molecule has 1 N–H and O–H groups in total. The van der Waals surface area contributed by atoms with Crippen molar-refractivity contribution in [3.63, 3.8) is 0 Å². The Hall–Kier alpha value is -2.25. The van der Waals surface area contributed by atoms with E-state index in [1.54, 1.807) is 24.5 Å². The van der Waals surface area contributed by atoms with Gasteiger partial charge in [0.2, 0.25) is 5.89 Å². The highest BCUT2D eigenvalue weighted by atomic mass is 32.1. The minimum absolute atomic E-state index is 0.0376. The van der Waals surface area contributed by atoms with Gasteiger partial charge in [-0.3, -0.25) is 9.69 Å². The predicted octanol–water partition coefficient (Wildman–Crippen LogP) is 2.31. The van der Waals surface area contributed by atoms with Gasteiger partial charge in [-0.25, -0.2) is 9.97 Å². The molecule has 0 bridgehead atoms. The highest BCUT2D eigenvalue weighted by Gasteiger charge is 2.24. The van der Waals surface area contributed by atoms with Gasteiger partial charge >= 0.3 is 0 Å². The van der Waals surface area contributed by atoms with Crippen molar-refractivity contribution < 1.29 is 4.42 Å². The molecule has 1 aliphatic heterocycles. The molecule has 3 aromatic heterocycles. The number of nitrogens with zero attached hydrogens (tertiary/aromatic N) is 3. The van der Waals surface area contributed by atoms with E-state index in [1.165, 1.54) is 0 Å². The van der Waals surface area contributed by atoms with Gasteiger partial charge in [0.1, 0.15) is 12.1 Å². The van der Waals surface area contributed by atoms with E-state index in [0.29, 0.717) is 31.3 Å². The molecule has 22 heavy (non-hydrogen) atoms. The SMILES string of the molecule is Cc1nc2c(c(=O)[nH]1)CN(Cc1coc(-c3cccs3)n1)C2. The van der Waals surface area contributed by atoms with Crippen LogP contribution in [-0.4, -0.2) is 19.9 Å². The molecule has 0 unspecified atom stereocenters. The normalized spacial score (nSPS) is 14.4. The molecule has 0 radical (unpaired) electrons. The second kappa shape index (κ2) is 5.19. The van der Waals surface area contributed by atoms with Gasteiger partial charge in [-0.1, -0.05) is 6.07 Å². The average Bonchev–Trinajstić information content (AvgIpc) is 3.17. The van der Waals surface area contributed by atoms with Crippen LogP contribution in [0, 0.1) is 6.92 Å². The smallest absolute Gasteiger partial charge is 0.255 e. The van der Waals surface area contributed by atoms with Crippen molar-refractivity contribution in [1.29, 1.82) is 0 Å².